The number of hydrogen-bond donors (Lipinski definition) is 0. The summed E-state index contributed by atoms with van der Waals surface area (Å²) in [5, 5.41) is 0. The van der Waals surface area contributed by atoms with Crippen LogP contribution in [0.1, 0.15) is 47.5 Å². The van der Waals surface area contributed by atoms with Crippen LogP contribution in [-0.4, -0.2) is 42.6 Å². The van der Waals surface area contributed by atoms with Crippen LogP contribution in [0.2, 0.25) is 0 Å². The Morgan fingerprint density at radius 2 is 1.21 bits per heavy atom. The topological polar surface area (TPSA) is 78.9 Å². The van der Waals surface area contributed by atoms with Crippen LogP contribution in [-0.2, 0) is 28.6 Å². The first-order valence-electron chi connectivity index (χ1n) is 7.84. The number of aldehydes is 1. The van der Waals surface area contributed by atoms with Gasteiger partial charge in [-0.1, -0.05) is 12.2 Å². The molecule has 24 heavy (non-hydrogen) atoms. The van der Waals surface area contributed by atoms with Crippen LogP contribution in [0.25, 0.3) is 0 Å². The lowest BCUT2D eigenvalue weighted by Crippen LogP contribution is -2.28. The Labute approximate surface area is 144 Å². The van der Waals surface area contributed by atoms with Crippen molar-refractivity contribution in [3.63, 3.8) is 0 Å². The molecular formula is C18H30O6. The smallest absolute Gasteiger partial charge is 0.302 e. The predicted molar refractivity (Wildman–Crippen MR) is 92.5 cm³/mol. The van der Waals surface area contributed by atoms with Gasteiger partial charge in [0.15, 0.2) is 0 Å². The molecule has 0 aromatic carbocycles. The molecule has 0 N–H and O–H groups in total. The SMILES string of the molecule is C=CC(CC(C)OC(C)=O)OC(C=C)CC(C)OC(C)=O.CC=O. The first kappa shape index (κ1) is 24.3. The van der Waals surface area contributed by atoms with E-state index in [9.17, 15) is 9.59 Å². The summed E-state index contributed by atoms with van der Waals surface area (Å²) in [6.07, 6.45) is 4.02. The van der Waals surface area contributed by atoms with Gasteiger partial charge in [0, 0.05) is 26.7 Å². The van der Waals surface area contributed by atoms with Gasteiger partial charge >= 0.3 is 11.9 Å². The minimum Gasteiger partial charge on any atom is -0.463 e. The molecule has 6 heteroatoms. The van der Waals surface area contributed by atoms with Gasteiger partial charge < -0.3 is 19.0 Å². The second-order valence-corrected chi connectivity index (χ2v) is 5.23. The molecule has 0 bridgehead atoms. The predicted octanol–water partition coefficient (Wildman–Crippen LogP) is 3.00. The Kier molecular flexibility index (Phi) is 14.8. The highest BCUT2D eigenvalue weighted by molar-refractivity contribution is 5.66. The second-order valence-electron chi connectivity index (χ2n) is 5.23. The summed E-state index contributed by atoms with van der Waals surface area (Å²) in [6, 6.07) is 0. The summed E-state index contributed by atoms with van der Waals surface area (Å²) in [6.45, 7) is 15.2. The zero-order valence-corrected chi connectivity index (χ0v) is 15.3. The molecule has 0 heterocycles. The van der Waals surface area contributed by atoms with Gasteiger partial charge in [-0.15, -0.1) is 13.2 Å². The molecule has 6 nitrogen and oxygen atoms in total. The lowest BCUT2D eigenvalue weighted by Gasteiger charge is -2.24. The minimum atomic E-state index is -0.325. The van der Waals surface area contributed by atoms with Gasteiger partial charge in [-0.05, 0) is 20.8 Å². The molecule has 0 aliphatic carbocycles. The first-order chi connectivity index (χ1) is 11.2. The Balaban J connectivity index is 0. The summed E-state index contributed by atoms with van der Waals surface area (Å²) < 4.78 is 16.0. The third kappa shape index (κ3) is 15.0. The van der Waals surface area contributed by atoms with Crippen molar-refractivity contribution < 1.29 is 28.6 Å². The highest BCUT2D eigenvalue weighted by Gasteiger charge is 2.19. The highest BCUT2D eigenvalue weighted by atomic mass is 16.6. The molecule has 0 fully saturated rings. The Bertz CT molecular complexity index is 370. The van der Waals surface area contributed by atoms with E-state index in [1.54, 1.807) is 26.0 Å². The van der Waals surface area contributed by atoms with Gasteiger partial charge in [-0.2, -0.15) is 0 Å². The number of rotatable bonds is 10. The standard InChI is InChI=1S/C16H26O5.C2H4O/c1-7-15(9-11(3)19-13(5)17)21-16(8-2)10-12(4)20-14(6)18;1-2-3/h7-8,11-12,15-16H,1-2,9-10H2,3-6H3;2H,1H3. The lowest BCUT2D eigenvalue weighted by molar-refractivity contribution is -0.147. The zero-order chi connectivity index (χ0) is 19.1. The van der Waals surface area contributed by atoms with E-state index in [0.29, 0.717) is 12.8 Å². The highest BCUT2D eigenvalue weighted by Crippen LogP contribution is 2.15. The summed E-state index contributed by atoms with van der Waals surface area (Å²) in [5.41, 5.74) is 0. The van der Waals surface area contributed by atoms with Gasteiger partial charge in [0.05, 0.1) is 12.2 Å². The van der Waals surface area contributed by atoms with Crippen molar-refractivity contribution in [2.75, 3.05) is 0 Å². The number of ether oxygens (including phenoxy) is 3. The molecule has 0 spiro atoms. The fourth-order valence-corrected chi connectivity index (χ4v) is 1.96. The van der Waals surface area contributed by atoms with Crippen LogP contribution in [0, 0.1) is 0 Å². The lowest BCUT2D eigenvalue weighted by atomic mass is 10.1. The summed E-state index contributed by atoms with van der Waals surface area (Å²) in [4.78, 5) is 30.6. The average Bonchev–Trinajstić information content (AvgIpc) is 2.44. The van der Waals surface area contributed by atoms with E-state index in [1.165, 1.54) is 20.8 Å². The number of hydrogen-bond acceptors (Lipinski definition) is 6. The molecule has 0 aromatic rings. The molecular weight excluding hydrogens is 312 g/mol. The van der Waals surface area contributed by atoms with Crippen molar-refractivity contribution in [1.29, 1.82) is 0 Å². The van der Waals surface area contributed by atoms with E-state index < -0.39 is 0 Å². The number of carbonyl (C=O) groups is 3. The first-order valence-corrected chi connectivity index (χ1v) is 7.84. The Hall–Kier alpha value is -1.95. The van der Waals surface area contributed by atoms with Gasteiger partial charge in [0.1, 0.15) is 18.5 Å². The summed E-state index contributed by atoms with van der Waals surface area (Å²) in [7, 11) is 0. The third-order valence-electron chi connectivity index (χ3n) is 2.74. The fraction of sp³-hybridized carbons (Fsp3) is 0.611. The van der Waals surface area contributed by atoms with E-state index in [4.69, 9.17) is 19.0 Å². The molecule has 0 aliphatic rings. The van der Waals surface area contributed by atoms with Gasteiger partial charge in [-0.3, -0.25) is 9.59 Å². The van der Waals surface area contributed by atoms with E-state index in [0.717, 1.165) is 6.29 Å². The van der Waals surface area contributed by atoms with Crippen LogP contribution in [0.5, 0.6) is 0 Å². The van der Waals surface area contributed by atoms with Crippen LogP contribution in [0.15, 0.2) is 25.3 Å². The average molecular weight is 342 g/mol. The number of esters is 2. The van der Waals surface area contributed by atoms with Crippen LogP contribution in [0.4, 0.5) is 0 Å². The van der Waals surface area contributed by atoms with Crippen LogP contribution in [0.3, 0.4) is 0 Å². The quantitative estimate of drug-likeness (QED) is 0.345. The van der Waals surface area contributed by atoms with Crippen molar-refractivity contribution in [2.45, 2.75) is 71.9 Å². The molecule has 0 amide bonds. The van der Waals surface area contributed by atoms with Gasteiger partial charge in [-0.25, -0.2) is 0 Å². The van der Waals surface area contributed by atoms with Crippen molar-refractivity contribution >= 4 is 18.2 Å². The fourth-order valence-electron chi connectivity index (χ4n) is 1.96. The maximum absolute atomic E-state index is 10.9. The molecule has 0 aromatic heterocycles. The maximum atomic E-state index is 10.9. The van der Waals surface area contributed by atoms with Gasteiger partial charge in [0.25, 0.3) is 0 Å². The molecule has 0 saturated carbocycles. The van der Waals surface area contributed by atoms with Gasteiger partial charge in [0.2, 0.25) is 0 Å². The zero-order valence-electron chi connectivity index (χ0n) is 15.3. The van der Waals surface area contributed by atoms with E-state index in [-0.39, 0.29) is 36.4 Å². The van der Waals surface area contributed by atoms with Crippen molar-refractivity contribution in [2.24, 2.45) is 0 Å². The second kappa shape index (κ2) is 14.6. The molecule has 4 unspecified atom stereocenters. The monoisotopic (exact) mass is 342 g/mol. The van der Waals surface area contributed by atoms with E-state index in [1.807, 2.05) is 0 Å². The largest absolute Gasteiger partial charge is 0.463 e. The third-order valence-corrected chi connectivity index (χ3v) is 2.74. The molecule has 0 rings (SSSR count). The van der Waals surface area contributed by atoms with E-state index >= 15 is 0 Å². The molecule has 4 atom stereocenters. The summed E-state index contributed by atoms with van der Waals surface area (Å²) in [5.74, 6) is -0.650. The van der Waals surface area contributed by atoms with Crippen LogP contribution < -0.4 is 0 Å². The molecule has 138 valence electrons. The molecule has 0 aliphatic heterocycles. The van der Waals surface area contributed by atoms with Crippen molar-refractivity contribution in [3.8, 4) is 0 Å². The van der Waals surface area contributed by atoms with Crippen LogP contribution >= 0.6 is 0 Å². The minimum absolute atomic E-state index is 0.262. The molecule has 0 radical (unpaired) electrons. The number of carbonyl (C=O) groups excluding carboxylic acids is 3. The van der Waals surface area contributed by atoms with E-state index in [2.05, 4.69) is 13.2 Å². The molecule has 0 saturated heterocycles. The Morgan fingerprint density at radius 1 is 0.917 bits per heavy atom. The van der Waals surface area contributed by atoms with Crippen molar-refractivity contribution in [3.05, 3.63) is 25.3 Å². The normalized spacial score (nSPS) is 14.7. The summed E-state index contributed by atoms with van der Waals surface area (Å²) >= 11 is 0. The van der Waals surface area contributed by atoms with Crippen molar-refractivity contribution in [1.82, 2.24) is 0 Å². The maximum Gasteiger partial charge on any atom is 0.302 e. The Morgan fingerprint density at radius 3 is 1.42 bits per heavy atom.